The number of aryl methyl sites for hydroxylation is 1. The lowest BCUT2D eigenvalue weighted by Crippen LogP contribution is -2.20. The fourth-order valence-corrected chi connectivity index (χ4v) is 1.85. The second-order valence-corrected chi connectivity index (χ2v) is 3.62. The Morgan fingerprint density at radius 3 is 3.07 bits per heavy atom. The van der Waals surface area contributed by atoms with E-state index in [4.69, 9.17) is 5.90 Å². The van der Waals surface area contributed by atoms with Gasteiger partial charge in [-0.3, -0.25) is 4.79 Å². The second kappa shape index (κ2) is 4.42. The molecule has 4 heteroatoms. The summed E-state index contributed by atoms with van der Waals surface area (Å²) >= 11 is 0. The first kappa shape index (κ1) is 10.1. The number of nitrogens with one attached hydrogen (secondary N) is 1. The molecule has 0 aliphatic carbocycles. The van der Waals surface area contributed by atoms with Crippen LogP contribution in [0.25, 0.3) is 0 Å². The van der Waals surface area contributed by atoms with Crippen molar-refractivity contribution in [3.63, 3.8) is 0 Å². The lowest BCUT2D eigenvalue weighted by atomic mass is 9.98. The first-order valence-corrected chi connectivity index (χ1v) is 5.03. The van der Waals surface area contributed by atoms with Crippen molar-refractivity contribution in [2.75, 3.05) is 11.9 Å². The molecule has 4 nitrogen and oxygen atoms in total. The van der Waals surface area contributed by atoms with Crippen LogP contribution in [0.2, 0.25) is 0 Å². The summed E-state index contributed by atoms with van der Waals surface area (Å²) in [6.45, 7) is 0.465. The van der Waals surface area contributed by atoms with Gasteiger partial charge >= 0.3 is 0 Å². The molecule has 0 radical (unpaired) electrons. The lowest BCUT2D eigenvalue weighted by molar-refractivity contribution is -0.116. The molecule has 0 bridgehead atoms. The molecule has 1 aliphatic heterocycles. The van der Waals surface area contributed by atoms with Gasteiger partial charge in [0, 0.05) is 12.1 Å². The Labute approximate surface area is 88.4 Å². The average molecular weight is 206 g/mol. The fourth-order valence-electron chi connectivity index (χ4n) is 1.85. The van der Waals surface area contributed by atoms with Crippen molar-refractivity contribution in [2.24, 2.45) is 5.90 Å². The third-order valence-corrected chi connectivity index (χ3v) is 2.61. The summed E-state index contributed by atoms with van der Waals surface area (Å²) < 4.78 is 0. The molecule has 3 N–H and O–H groups in total. The van der Waals surface area contributed by atoms with E-state index in [9.17, 15) is 4.79 Å². The minimum absolute atomic E-state index is 0.0867. The van der Waals surface area contributed by atoms with Crippen LogP contribution in [0.5, 0.6) is 0 Å². The normalized spacial score (nSPS) is 14.6. The van der Waals surface area contributed by atoms with Crippen LogP contribution in [-0.4, -0.2) is 12.5 Å². The zero-order valence-electron chi connectivity index (χ0n) is 8.45. The quantitative estimate of drug-likeness (QED) is 0.725. The molecule has 1 aromatic rings. The van der Waals surface area contributed by atoms with Crippen LogP contribution >= 0.6 is 0 Å². The number of hydrogen-bond acceptors (Lipinski definition) is 3. The molecule has 1 amide bonds. The summed E-state index contributed by atoms with van der Waals surface area (Å²) in [5, 5.41) is 2.90. The van der Waals surface area contributed by atoms with Crippen LogP contribution in [0.15, 0.2) is 18.2 Å². The molecule has 1 aromatic carbocycles. The largest absolute Gasteiger partial charge is 0.326 e. The molecule has 80 valence electrons. The summed E-state index contributed by atoms with van der Waals surface area (Å²) in [6.07, 6.45) is 2.11. The molecule has 0 atom stereocenters. The molecular weight excluding hydrogens is 192 g/mol. The van der Waals surface area contributed by atoms with E-state index >= 15 is 0 Å². The third kappa shape index (κ3) is 2.16. The number of carbonyl (C=O) groups is 1. The van der Waals surface area contributed by atoms with E-state index in [1.54, 1.807) is 0 Å². The van der Waals surface area contributed by atoms with Crippen LogP contribution < -0.4 is 11.2 Å². The summed E-state index contributed by atoms with van der Waals surface area (Å²) in [4.78, 5) is 15.8. The SMILES string of the molecule is NOCCc1cccc2c1NC(=O)CC2. The fraction of sp³-hybridized carbons (Fsp3) is 0.364. The number of fused-ring (bicyclic) bond motifs is 1. The van der Waals surface area contributed by atoms with Crippen molar-refractivity contribution in [2.45, 2.75) is 19.3 Å². The van der Waals surface area contributed by atoms with Gasteiger partial charge in [0.1, 0.15) is 0 Å². The molecule has 0 fully saturated rings. The van der Waals surface area contributed by atoms with Crippen LogP contribution in [0, 0.1) is 0 Å². The molecule has 0 unspecified atom stereocenters. The van der Waals surface area contributed by atoms with Gasteiger partial charge in [-0.2, -0.15) is 0 Å². The second-order valence-electron chi connectivity index (χ2n) is 3.62. The molecule has 0 saturated carbocycles. The molecule has 0 aromatic heterocycles. The van der Waals surface area contributed by atoms with Crippen LogP contribution in [-0.2, 0) is 22.5 Å². The highest BCUT2D eigenvalue weighted by molar-refractivity contribution is 5.94. The van der Waals surface area contributed by atoms with Crippen LogP contribution in [0.3, 0.4) is 0 Å². The summed E-state index contributed by atoms with van der Waals surface area (Å²) in [5.41, 5.74) is 3.24. The standard InChI is InChI=1S/C11H14N2O2/c12-15-7-6-9-3-1-2-8-4-5-10(14)13-11(8)9/h1-3H,4-7,12H2,(H,13,14). The number of hydrogen-bond donors (Lipinski definition) is 2. The van der Waals surface area contributed by atoms with E-state index in [2.05, 4.69) is 10.2 Å². The summed E-state index contributed by atoms with van der Waals surface area (Å²) in [6, 6.07) is 6.03. The Morgan fingerprint density at radius 1 is 1.40 bits per heavy atom. The Kier molecular flexibility index (Phi) is 2.99. The number of carbonyl (C=O) groups excluding carboxylic acids is 1. The molecule has 1 aliphatic rings. The molecule has 0 spiro atoms. The van der Waals surface area contributed by atoms with E-state index < -0.39 is 0 Å². The van der Waals surface area contributed by atoms with Gasteiger partial charge in [-0.25, -0.2) is 5.90 Å². The minimum Gasteiger partial charge on any atom is -0.326 e. The number of benzene rings is 1. The first-order valence-electron chi connectivity index (χ1n) is 5.03. The van der Waals surface area contributed by atoms with Crippen molar-refractivity contribution >= 4 is 11.6 Å². The molecule has 1 heterocycles. The minimum atomic E-state index is 0.0867. The maximum atomic E-state index is 11.3. The predicted octanol–water partition coefficient (Wildman–Crippen LogP) is 1.00. The maximum Gasteiger partial charge on any atom is 0.224 e. The monoisotopic (exact) mass is 206 g/mol. The van der Waals surface area contributed by atoms with Gasteiger partial charge in [-0.05, 0) is 24.0 Å². The van der Waals surface area contributed by atoms with Crippen molar-refractivity contribution < 1.29 is 9.63 Å². The van der Waals surface area contributed by atoms with Gasteiger partial charge in [-0.1, -0.05) is 18.2 Å². The predicted molar refractivity (Wildman–Crippen MR) is 57.2 cm³/mol. The number of nitrogens with two attached hydrogens (primary N) is 1. The van der Waals surface area contributed by atoms with Gasteiger partial charge in [0.15, 0.2) is 0 Å². The van der Waals surface area contributed by atoms with Crippen molar-refractivity contribution in [3.8, 4) is 0 Å². The van der Waals surface area contributed by atoms with Crippen molar-refractivity contribution in [3.05, 3.63) is 29.3 Å². The Balaban J connectivity index is 2.27. The highest BCUT2D eigenvalue weighted by atomic mass is 16.6. The lowest BCUT2D eigenvalue weighted by Gasteiger charge is -2.19. The van der Waals surface area contributed by atoms with Crippen molar-refractivity contribution in [1.29, 1.82) is 0 Å². The molecule has 2 rings (SSSR count). The molecule has 0 saturated heterocycles. The number of amides is 1. The topological polar surface area (TPSA) is 64.3 Å². The van der Waals surface area contributed by atoms with E-state index in [1.165, 1.54) is 5.56 Å². The zero-order chi connectivity index (χ0) is 10.7. The number of para-hydroxylation sites is 1. The van der Waals surface area contributed by atoms with Crippen molar-refractivity contribution in [1.82, 2.24) is 0 Å². The maximum absolute atomic E-state index is 11.3. The third-order valence-electron chi connectivity index (χ3n) is 2.61. The summed E-state index contributed by atoms with van der Waals surface area (Å²) in [5.74, 6) is 5.08. The van der Waals surface area contributed by atoms with Crippen LogP contribution in [0.4, 0.5) is 5.69 Å². The van der Waals surface area contributed by atoms with E-state index in [-0.39, 0.29) is 5.91 Å². The number of anilines is 1. The van der Waals surface area contributed by atoms with Gasteiger partial charge in [0.2, 0.25) is 5.91 Å². The van der Waals surface area contributed by atoms with Gasteiger partial charge < -0.3 is 10.2 Å². The highest BCUT2D eigenvalue weighted by Gasteiger charge is 2.16. The van der Waals surface area contributed by atoms with E-state index in [1.807, 2.05) is 18.2 Å². The smallest absolute Gasteiger partial charge is 0.224 e. The first-order chi connectivity index (χ1) is 7.31. The van der Waals surface area contributed by atoms with E-state index in [0.717, 1.165) is 24.1 Å². The zero-order valence-corrected chi connectivity index (χ0v) is 8.45. The summed E-state index contributed by atoms with van der Waals surface area (Å²) in [7, 11) is 0. The molecule has 15 heavy (non-hydrogen) atoms. The van der Waals surface area contributed by atoms with Crippen LogP contribution in [0.1, 0.15) is 17.5 Å². The number of rotatable bonds is 3. The Morgan fingerprint density at radius 2 is 2.27 bits per heavy atom. The van der Waals surface area contributed by atoms with Gasteiger partial charge in [0.05, 0.1) is 6.61 Å². The average Bonchev–Trinajstić information content (AvgIpc) is 2.26. The van der Waals surface area contributed by atoms with Gasteiger partial charge in [0.25, 0.3) is 0 Å². The van der Waals surface area contributed by atoms with Gasteiger partial charge in [-0.15, -0.1) is 0 Å². The Hall–Kier alpha value is -1.39. The molecular formula is C11H14N2O2. The van der Waals surface area contributed by atoms with E-state index in [0.29, 0.717) is 13.0 Å². The highest BCUT2D eigenvalue weighted by Crippen LogP contribution is 2.26. The Bertz CT molecular complexity index is 377.